The quantitative estimate of drug-likeness (QED) is 0.781. The molecule has 1 heterocycles. The number of nitrogens with two attached hydrogens (primary N) is 1. The number of thiophene rings is 1. The molecule has 1 atom stereocenters. The fraction of sp³-hybridized carbons (Fsp3) is 0.400. The Morgan fingerprint density at radius 2 is 1.96 bits per heavy atom. The van der Waals surface area contributed by atoms with Crippen LogP contribution >= 0.6 is 22.9 Å². The van der Waals surface area contributed by atoms with Gasteiger partial charge in [-0.2, -0.15) is 0 Å². The number of hydrogen-bond donors (Lipinski definition) is 2. The van der Waals surface area contributed by atoms with E-state index < -0.39 is 5.91 Å². The van der Waals surface area contributed by atoms with E-state index in [1.807, 2.05) is 0 Å². The largest absolute Gasteiger partial charge is 0.365 e. The second kappa shape index (κ2) is 7.05. The summed E-state index contributed by atoms with van der Waals surface area (Å²) in [5.74, 6) is -0.281. The number of hydrogen-bond acceptors (Lipinski definition) is 3. The van der Waals surface area contributed by atoms with E-state index in [0.717, 1.165) is 29.7 Å². The zero-order chi connectivity index (χ0) is 19.1. The van der Waals surface area contributed by atoms with Crippen LogP contribution in [0.2, 0.25) is 5.02 Å². The van der Waals surface area contributed by atoms with Gasteiger partial charge < -0.3 is 11.1 Å². The maximum Gasteiger partial charge on any atom is 0.257 e. The lowest BCUT2D eigenvalue weighted by molar-refractivity contribution is 0.1000. The van der Waals surface area contributed by atoms with Gasteiger partial charge in [-0.15, -0.1) is 11.3 Å². The second-order valence-electron chi connectivity index (χ2n) is 7.81. The molecular formula is C20H23ClN2O2S. The predicted molar refractivity (Wildman–Crippen MR) is 107 cm³/mol. The maximum atomic E-state index is 12.6. The first-order valence-corrected chi connectivity index (χ1v) is 9.88. The SMILES string of the molecule is CC(C)(C)C1CCc2c(sc(NC(=O)c3ccccc3Cl)c2C(N)=O)C1. The van der Waals surface area contributed by atoms with Crippen molar-refractivity contribution in [1.82, 2.24) is 0 Å². The minimum absolute atomic E-state index is 0.204. The average Bonchev–Trinajstić information content (AvgIpc) is 2.91. The maximum absolute atomic E-state index is 12.6. The minimum Gasteiger partial charge on any atom is -0.365 e. The van der Waals surface area contributed by atoms with Crippen LogP contribution < -0.4 is 11.1 Å². The van der Waals surface area contributed by atoms with Crippen LogP contribution in [0, 0.1) is 11.3 Å². The van der Waals surface area contributed by atoms with Crippen molar-refractivity contribution in [3.8, 4) is 0 Å². The molecule has 1 aliphatic rings. The first-order chi connectivity index (χ1) is 12.2. The third kappa shape index (κ3) is 3.64. The second-order valence-corrected chi connectivity index (χ2v) is 9.32. The molecule has 1 aromatic heterocycles. The zero-order valence-electron chi connectivity index (χ0n) is 15.2. The molecule has 2 aromatic rings. The lowest BCUT2D eigenvalue weighted by Gasteiger charge is -2.33. The lowest BCUT2D eigenvalue weighted by Crippen LogP contribution is -2.27. The van der Waals surface area contributed by atoms with Crippen LogP contribution in [0.25, 0.3) is 0 Å². The molecule has 1 aromatic carbocycles. The zero-order valence-corrected chi connectivity index (χ0v) is 16.8. The number of amides is 2. The molecule has 0 aliphatic heterocycles. The van der Waals surface area contributed by atoms with Gasteiger partial charge in [-0.05, 0) is 48.3 Å². The van der Waals surface area contributed by atoms with Gasteiger partial charge in [-0.25, -0.2) is 0 Å². The summed E-state index contributed by atoms with van der Waals surface area (Å²) >= 11 is 7.57. The Kier molecular flexibility index (Phi) is 5.13. The molecule has 3 N–H and O–H groups in total. The van der Waals surface area contributed by atoms with Crippen molar-refractivity contribution < 1.29 is 9.59 Å². The normalized spacial score (nSPS) is 16.8. The Labute approximate surface area is 162 Å². The van der Waals surface area contributed by atoms with Gasteiger partial charge >= 0.3 is 0 Å². The summed E-state index contributed by atoms with van der Waals surface area (Å²) in [6.45, 7) is 6.72. The highest BCUT2D eigenvalue weighted by Crippen LogP contribution is 2.44. The number of benzene rings is 1. The van der Waals surface area contributed by atoms with Crippen LogP contribution in [0.1, 0.15) is 58.3 Å². The van der Waals surface area contributed by atoms with Crippen LogP contribution in [0.4, 0.5) is 5.00 Å². The Morgan fingerprint density at radius 3 is 2.58 bits per heavy atom. The van der Waals surface area contributed by atoms with Crippen molar-refractivity contribution >= 4 is 39.8 Å². The highest BCUT2D eigenvalue weighted by Gasteiger charge is 2.33. The number of anilines is 1. The van der Waals surface area contributed by atoms with Gasteiger partial charge in [-0.3, -0.25) is 9.59 Å². The number of carbonyl (C=O) groups excluding carboxylic acids is 2. The third-order valence-corrected chi connectivity index (χ3v) is 6.58. The van der Waals surface area contributed by atoms with Gasteiger partial charge in [0.2, 0.25) is 0 Å². The molecule has 0 radical (unpaired) electrons. The number of carbonyl (C=O) groups is 2. The number of rotatable bonds is 3. The molecule has 0 spiro atoms. The Morgan fingerprint density at radius 1 is 1.27 bits per heavy atom. The number of nitrogens with one attached hydrogen (secondary N) is 1. The molecule has 138 valence electrons. The average molecular weight is 391 g/mol. The minimum atomic E-state index is -0.494. The van der Waals surface area contributed by atoms with Gasteiger partial charge in [0.1, 0.15) is 5.00 Å². The summed E-state index contributed by atoms with van der Waals surface area (Å²) < 4.78 is 0. The standard InChI is InChI=1S/C20H23ClN2O2S/c1-20(2,3)11-8-9-13-15(10-11)26-19(16(13)17(22)24)23-18(25)12-6-4-5-7-14(12)21/h4-7,11H,8-10H2,1-3H3,(H2,22,24)(H,23,25). The van der Waals surface area contributed by atoms with Gasteiger partial charge in [0.15, 0.2) is 0 Å². The summed E-state index contributed by atoms with van der Waals surface area (Å²) in [6, 6.07) is 6.84. The van der Waals surface area contributed by atoms with Gasteiger partial charge in [0.05, 0.1) is 16.1 Å². The van der Waals surface area contributed by atoms with E-state index in [-0.39, 0.29) is 11.3 Å². The van der Waals surface area contributed by atoms with Crippen LogP contribution in [-0.4, -0.2) is 11.8 Å². The van der Waals surface area contributed by atoms with Gasteiger partial charge in [-0.1, -0.05) is 44.5 Å². The fourth-order valence-electron chi connectivity index (χ4n) is 3.49. The highest BCUT2D eigenvalue weighted by molar-refractivity contribution is 7.17. The van der Waals surface area contributed by atoms with Crippen molar-refractivity contribution in [2.45, 2.75) is 40.0 Å². The molecule has 0 bridgehead atoms. The molecule has 3 rings (SSSR count). The summed E-state index contributed by atoms with van der Waals surface area (Å²) in [5, 5.41) is 3.76. The van der Waals surface area contributed by atoms with E-state index in [4.69, 9.17) is 17.3 Å². The fourth-order valence-corrected chi connectivity index (χ4v) is 5.04. The topological polar surface area (TPSA) is 72.2 Å². The monoisotopic (exact) mass is 390 g/mol. The van der Waals surface area contributed by atoms with Gasteiger partial charge in [0.25, 0.3) is 11.8 Å². The summed E-state index contributed by atoms with van der Waals surface area (Å²) in [7, 11) is 0. The molecule has 0 fully saturated rings. The molecule has 6 heteroatoms. The van der Waals surface area contributed by atoms with E-state index in [1.54, 1.807) is 24.3 Å². The van der Waals surface area contributed by atoms with Crippen molar-refractivity contribution in [1.29, 1.82) is 0 Å². The third-order valence-electron chi connectivity index (χ3n) is 5.08. The van der Waals surface area contributed by atoms with Crippen LogP contribution in [0.3, 0.4) is 0 Å². The van der Waals surface area contributed by atoms with E-state index in [1.165, 1.54) is 11.3 Å². The Bertz CT molecular complexity index is 867. The molecule has 2 amide bonds. The van der Waals surface area contributed by atoms with Crippen molar-refractivity contribution in [2.75, 3.05) is 5.32 Å². The van der Waals surface area contributed by atoms with E-state index in [2.05, 4.69) is 26.1 Å². The van der Waals surface area contributed by atoms with E-state index in [0.29, 0.717) is 27.1 Å². The summed E-state index contributed by atoms with van der Waals surface area (Å²) in [6.07, 6.45) is 2.74. The molecular weight excluding hydrogens is 368 g/mol. The molecule has 1 aliphatic carbocycles. The molecule has 1 unspecified atom stereocenters. The number of fused-ring (bicyclic) bond motifs is 1. The number of halogens is 1. The molecule has 0 saturated carbocycles. The smallest absolute Gasteiger partial charge is 0.257 e. The van der Waals surface area contributed by atoms with Gasteiger partial charge in [0, 0.05) is 4.88 Å². The first kappa shape index (κ1) is 18.9. The van der Waals surface area contributed by atoms with Crippen LogP contribution in [-0.2, 0) is 12.8 Å². The molecule has 26 heavy (non-hydrogen) atoms. The molecule has 0 saturated heterocycles. The first-order valence-electron chi connectivity index (χ1n) is 8.68. The summed E-state index contributed by atoms with van der Waals surface area (Å²) in [5.41, 5.74) is 7.67. The molecule has 4 nitrogen and oxygen atoms in total. The summed E-state index contributed by atoms with van der Waals surface area (Å²) in [4.78, 5) is 25.8. The van der Waals surface area contributed by atoms with Crippen molar-refractivity contribution in [2.24, 2.45) is 17.1 Å². The van der Waals surface area contributed by atoms with Crippen LogP contribution in [0.15, 0.2) is 24.3 Å². The predicted octanol–water partition coefficient (Wildman–Crippen LogP) is 4.90. The highest BCUT2D eigenvalue weighted by atomic mass is 35.5. The Hall–Kier alpha value is -1.85. The van der Waals surface area contributed by atoms with E-state index in [9.17, 15) is 9.59 Å². The van der Waals surface area contributed by atoms with Crippen LogP contribution in [0.5, 0.6) is 0 Å². The Balaban J connectivity index is 1.94. The van der Waals surface area contributed by atoms with Crippen molar-refractivity contribution in [3.05, 3.63) is 50.9 Å². The number of primary amides is 1. The lowest BCUT2D eigenvalue weighted by atomic mass is 9.72. The van der Waals surface area contributed by atoms with Crippen molar-refractivity contribution in [3.63, 3.8) is 0 Å². The van der Waals surface area contributed by atoms with E-state index >= 15 is 0 Å².